The quantitative estimate of drug-likeness (QED) is 0.666. The molecule has 0 aromatic heterocycles. The Morgan fingerprint density at radius 1 is 0.909 bits per heavy atom. The fourth-order valence-electron chi connectivity index (χ4n) is 2.18. The van der Waals surface area contributed by atoms with Crippen molar-refractivity contribution in [3.63, 3.8) is 0 Å². The van der Waals surface area contributed by atoms with Crippen molar-refractivity contribution < 1.29 is 9.47 Å². The minimum Gasteiger partial charge on any atom is -0.376 e. The number of rotatable bonds is 9. The lowest BCUT2D eigenvalue weighted by atomic mass is 9.72. The molecule has 2 atom stereocenters. The summed E-state index contributed by atoms with van der Waals surface area (Å²) < 4.78 is 12.3. The molecule has 3 nitrogen and oxygen atoms in total. The van der Waals surface area contributed by atoms with Gasteiger partial charge in [-0.25, -0.2) is 0 Å². The molecular weight excluding hydrogens is 274 g/mol. The molecule has 0 rings (SSSR count). The fourth-order valence-corrected chi connectivity index (χ4v) is 2.18. The van der Waals surface area contributed by atoms with Crippen LogP contribution in [0, 0.1) is 11.3 Å². The Kier molecular flexibility index (Phi) is 7.59. The first-order valence-corrected chi connectivity index (χ1v) is 8.71. The normalized spacial score (nSPS) is 18.1. The van der Waals surface area contributed by atoms with E-state index in [9.17, 15) is 0 Å². The van der Waals surface area contributed by atoms with Crippen LogP contribution in [-0.4, -0.2) is 30.0 Å². The maximum absolute atomic E-state index is 6.38. The van der Waals surface area contributed by atoms with Crippen molar-refractivity contribution in [2.45, 2.75) is 98.8 Å². The molecule has 2 unspecified atom stereocenters. The molecule has 0 aliphatic rings. The van der Waals surface area contributed by atoms with Gasteiger partial charge in [0.15, 0.2) is 0 Å². The zero-order chi connectivity index (χ0) is 17.8. The Balaban J connectivity index is 4.73. The molecule has 0 spiro atoms. The highest BCUT2D eigenvalue weighted by Crippen LogP contribution is 2.40. The van der Waals surface area contributed by atoms with Crippen molar-refractivity contribution in [2.75, 3.05) is 13.2 Å². The van der Waals surface area contributed by atoms with E-state index < -0.39 is 0 Å². The Hall–Kier alpha value is -0.120. The molecule has 0 bridgehead atoms. The molecule has 0 aromatic rings. The van der Waals surface area contributed by atoms with E-state index in [2.05, 4.69) is 69.2 Å². The molecule has 0 radical (unpaired) electrons. The molecule has 3 heteroatoms. The lowest BCUT2D eigenvalue weighted by Crippen LogP contribution is -2.48. The largest absolute Gasteiger partial charge is 0.376 e. The van der Waals surface area contributed by atoms with E-state index in [0.29, 0.717) is 12.5 Å². The Morgan fingerprint density at radius 3 is 1.77 bits per heavy atom. The molecule has 0 fully saturated rings. The summed E-state index contributed by atoms with van der Waals surface area (Å²) in [6, 6.07) is 0. The van der Waals surface area contributed by atoms with Crippen LogP contribution in [-0.2, 0) is 9.47 Å². The van der Waals surface area contributed by atoms with Crippen molar-refractivity contribution in [2.24, 2.45) is 17.1 Å². The second-order valence-corrected chi connectivity index (χ2v) is 9.21. The number of hydrogen-bond donors (Lipinski definition) is 1. The topological polar surface area (TPSA) is 44.5 Å². The summed E-state index contributed by atoms with van der Waals surface area (Å²) in [6.07, 6.45) is 1.96. The standard InChI is InChI=1S/C19H41NO2/c1-11-19(10,22-14-15(2)18(8,9)20)17(6,7)12-13-21-16(3,4)5/h15H,11-14,20H2,1-10H3. The SMILES string of the molecule is CCC(C)(OCC(C)C(C)(C)N)C(C)(C)CCOC(C)(C)C. The second-order valence-electron chi connectivity index (χ2n) is 9.21. The average molecular weight is 316 g/mol. The van der Waals surface area contributed by atoms with Gasteiger partial charge < -0.3 is 15.2 Å². The first kappa shape index (κ1) is 21.9. The third-order valence-corrected chi connectivity index (χ3v) is 5.29. The predicted molar refractivity (Wildman–Crippen MR) is 96.2 cm³/mol. The monoisotopic (exact) mass is 315 g/mol. The van der Waals surface area contributed by atoms with Crippen LogP contribution >= 0.6 is 0 Å². The highest BCUT2D eigenvalue weighted by Gasteiger charge is 2.41. The number of hydrogen-bond acceptors (Lipinski definition) is 3. The molecule has 0 saturated heterocycles. The third kappa shape index (κ3) is 6.97. The zero-order valence-corrected chi connectivity index (χ0v) is 16.8. The van der Waals surface area contributed by atoms with Crippen LogP contribution < -0.4 is 5.73 Å². The van der Waals surface area contributed by atoms with Crippen LogP contribution in [0.1, 0.15) is 82.1 Å². The fraction of sp³-hybridized carbons (Fsp3) is 1.00. The summed E-state index contributed by atoms with van der Waals surface area (Å²) in [4.78, 5) is 0. The molecule has 0 heterocycles. The summed E-state index contributed by atoms with van der Waals surface area (Å²) in [5, 5.41) is 0. The Labute approximate surface area is 139 Å². The van der Waals surface area contributed by atoms with Gasteiger partial charge in [-0.3, -0.25) is 0 Å². The summed E-state index contributed by atoms with van der Waals surface area (Å²) in [5.74, 6) is 0.319. The lowest BCUT2D eigenvalue weighted by Gasteiger charge is -2.45. The molecule has 22 heavy (non-hydrogen) atoms. The number of ether oxygens (including phenoxy) is 2. The van der Waals surface area contributed by atoms with Crippen LogP contribution in [0.4, 0.5) is 0 Å². The maximum Gasteiger partial charge on any atom is 0.0703 e. The van der Waals surface area contributed by atoms with Gasteiger partial charge in [0.2, 0.25) is 0 Å². The van der Waals surface area contributed by atoms with E-state index >= 15 is 0 Å². The van der Waals surface area contributed by atoms with Crippen molar-refractivity contribution in [3.8, 4) is 0 Å². The molecule has 0 aromatic carbocycles. The average Bonchev–Trinajstić information content (AvgIpc) is 2.32. The molecule has 0 amide bonds. The summed E-state index contributed by atoms with van der Waals surface area (Å²) in [7, 11) is 0. The minimum atomic E-state index is -0.214. The predicted octanol–water partition coefficient (Wildman–Crippen LogP) is 4.78. The van der Waals surface area contributed by atoms with E-state index in [4.69, 9.17) is 15.2 Å². The maximum atomic E-state index is 6.38. The van der Waals surface area contributed by atoms with Gasteiger partial charge in [0.1, 0.15) is 0 Å². The summed E-state index contributed by atoms with van der Waals surface area (Å²) in [5.41, 5.74) is 5.76. The van der Waals surface area contributed by atoms with E-state index in [1.165, 1.54) is 0 Å². The molecule has 0 saturated carbocycles. The summed E-state index contributed by atoms with van der Waals surface area (Å²) >= 11 is 0. The molecule has 0 aliphatic carbocycles. The van der Waals surface area contributed by atoms with Crippen LogP contribution in [0.3, 0.4) is 0 Å². The van der Waals surface area contributed by atoms with Crippen LogP contribution in [0.25, 0.3) is 0 Å². The van der Waals surface area contributed by atoms with E-state index in [1.54, 1.807) is 0 Å². The Morgan fingerprint density at radius 2 is 1.41 bits per heavy atom. The molecular formula is C19H41NO2. The van der Waals surface area contributed by atoms with Gasteiger partial charge >= 0.3 is 0 Å². The molecule has 0 aliphatic heterocycles. The van der Waals surface area contributed by atoms with Gasteiger partial charge in [0.25, 0.3) is 0 Å². The van der Waals surface area contributed by atoms with Crippen molar-refractivity contribution >= 4 is 0 Å². The highest BCUT2D eigenvalue weighted by molar-refractivity contribution is 4.91. The molecule has 134 valence electrons. The van der Waals surface area contributed by atoms with E-state index in [-0.39, 0.29) is 22.2 Å². The zero-order valence-electron chi connectivity index (χ0n) is 16.8. The van der Waals surface area contributed by atoms with E-state index in [0.717, 1.165) is 19.4 Å². The van der Waals surface area contributed by atoms with Gasteiger partial charge in [-0.15, -0.1) is 0 Å². The first-order chi connectivity index (χ1) is 9.65. The van der Waals surface area contributed by atoms with Crippen LogP contribution in [0.5, 0.6) is 0 Å². The van der Waals surface area contributed by atoms with Crippen LogP contribution in [0.15, 0.2) is 0 Å². The van der Waals surface area contributed by atoms with Gasteiger partial charge in [0, 0.05) is 12.1 Å². The minimum absolute atomic E-state index is 0.0471. The van der Waals surface area contributed by atoms with Gasteiger partial charge in [-0.05, 0) is 65.7 Å². The number of nitrogens with two attached hydrogens (primary N) is 1. The third-order valence-electron chi connectivity index (χ3n) is 5.29. The van der Waals surface area contributed by atoms with E-state index in [1.807, 2.05) is 0 Å². The summed E-state index contributed by atoms with van der Waals surface area (Å²) in [6.45, 7) is 23.0. The second kappa shape index (κ2) is 7.63. The first-order valence-electron chi connectivity index (χ1n) is 8.71. The highest BCUT2D eigenvalue weighted by atomic mass is 16.5. The van der Waals surface area contributed by atoms with Crippen molar-refractivity contribution in [3.05, 3.63) is 0 Å². The van der Waals surface area contributed by atoms with Gasteiger partial charge in [-0.2, -0.15) is 0 Å². The lowest BCUT2D eigenvalue weighted by molar-refractivity contribution is -0.138. The van der Waals surface area contributed by atoms with Crippen LogP contribution in [0.2, 0.25) is 0 Å². The Bertz CT molecular complexity index is 325. The smallest absolute Gasteiger partial charge is 0.0703 e. The van der Waals surface area contributed by atoms with Gasteiger partial charge in [0.05, 0.1) is 17.8 Å². The van der Waals surface area contributed by atoms with Crippen molar-refractivity contribution in [1.29, 1.82) is 0 Å². The van der Waals surface area contributed by atoms with Gasteiger partial charge in [-0.1, -0.05) is 27.7 Å². The molecule has 2 N–H and O–H groups in total. The van der Waals surface area contributed by atoms with Crippen molar-refractivity contribution in [1.82, 2.24) is 0 Å².